The van der Waals surface area contributed by atoms with Crippen molar-refractivity contribution in [2.24, 2.45) is 0 Å². The van der Waals surface area contributed by atoms with Gasteiger partial charge in [-0.3, -0.25) is 19.3 Å². The number of carbonyl (C=O) groups is 3. The van der Waals surface area contributed by atoms with E-state index in [2.05, 4.69) is 10.5 Å². The van der Waals surface area contributed by atoms with Crippen LogP contribution in [0.15, 0.2) is 53.1 Å². The molecule has 7 nitrogen and oxygen atoms in total. The van der Waals surface area contributed by atoms with E-state index in [1.54, 1.807) is 30.3 Å². The van der Waals surface area contributed by atoms with Gasteiger partial charge in [-0.2, -0.15) is 0 Å². The van der Waals surface area contributed by atoms with Crippen LogP contribution in [0, 0.1) is 0 Å². The van der Waals surface area contributed by atoms with Gasteiger partial charge in [-0.1, -0.05) is 41.2 Å². The maximum atomic E-state index is 12.3. The van der Waals surface area contributed by atoms with Gasteiger partial charge in [0.25, 0.3) is 5.24 Å². The maximum absolute atomic E-state index is 12.3. The number of fused-ring (bicyclic) bond motifs is 1. The molecule has 0 bridgehead atoms. The first-order valence-electron chi connectivity index (χ1n) is 8.29. The zero-order valence-electron chi connectivity index (χ0n) is 14.2. The second-order valence-electron chi connectivity index (χ2n) is 6.08. The number of nitrogens with one attached hydrogen (secondary N) is 1. The molecule has 1 N–H and O–H groups in total. The van der Waals surface area contributed by atoms with Crippen molar-refractivity contribution in [3.05, 3.63) is 59.8 Å². The van der Waals surface area contributed by atoms with Crippen LogP contribution in [0.3, 0.4) is 0 Å². The molecule has 0 saturated carbocycles. The van der Waals surface area contributed by atoms with Crippen molar-refractivity contribution >= 4 is 45.5 Å². The fourth-order valence-corrected chi connectivity index (χ4v) is 3.56. The molecule has 0 spiro atoms. The van der Waals surface area contributed by atoms with Crippen LogP contribution >= 0.6 is 11.8 Å². The van der Waals surface area contributed by atoms with Crippen LogP contribution < -0.4 is 5.32 Å². The van der Waals surface area contributed by atoms with Gasteiger partial charge < -0.3 is 9.84 Å². The standard InChI is InChI=1S/C19H15N3O4S/c23-17(9-15-14-3-1-2-4-16(14)26-21-15)20-13-7-5-12(6-8-13)10-22-18(24)11-27-19(22)25/h1-8H,9-11H2,(H,20,23). The topological polar surface area (TPSA) is 92.5 Å². The number of para-hydroxylation sites is 1. The molecule has 2 heterocycles. The molecule has 0 aliphatic carbocycles. The SMILES string of the molecule is O=C(Cc1noc2ccccc12)Nc1ccc(CN2C(=O)CSC2=O)cc1. The van der Waals surface area contributed by atoms with E-state index >= 15 is 0 Å². The summed E-state index contributed by atoms with van der Waals surface area (Å²) in [4.78, 5) is 36.8. The highest BCUT2D eigenvalue weighted by Crippen LogP contribution is 2.22. The molecule has 4 rings (SSSR count). The molecular formula is C19H15N3O4S. The van der Waals surface area contributed by atoms with Crippen LogP contribution in [0.25, 0.3) is 11.0 Å². The summed E-state index contributed by atoms with van der Waals surface area (Å²) >= 11 is 1.01. The van der Waals surface area contributed by atoms with Gasteiger partial charge >= 0.3 is 0 Å². The second-order valence-corrected chi connectivity index (χ2v) is 7.01. The third-order valence-corrected chi connectivity index (χ3v) is 5.06. The number of benzene rings is 2. The van der Waals surface area contributed by atoms with Crippen LogP contribution in [-0.4, -0.2) is 32.9 Å². The summed E-state index contributed by atoms with van der Waals surface area (Å²) in [5.74, 6) is -0.186. The first-order chi connectivity index (χ1) is 13.1. The van der Waals surface area contributed by atoms with E-state index in [9.17, 15) is 14.4 Å². The minimum Gasteiger partial charge on any atom is -0.356 e. The molecule has 2 aromatic carbocycles. The number of carbonyl (C=O) groups excluding carboxylic acids is 3. The number of hydrogen-bond donors (Lipinski definition) is 1. The molecule has 8 heteroatoms. The highest BCUT2D eigenvalue weighted by Gasteiger charge is 2.29. The Morgan fingerprint density at radius 3 is 2.67 bits per heavy atom. The lowest BCUT2D eigenvalue weighted by Gasteiger charge is -2.13. The molecule has 136 valence electrons. The zero-order valence-corrected chi connectivity index (χ0v) is 15.0. The van der Waals surface area contributed by atoms with Crippen LogP contribution in [0.4, 0.5) is 10.5 Å². The number of aromatic nitrogens is 1. The number of thioether (sulfide) groups is 1. The molecule has 1 aliphatic rings. The lowest BCUT2D eigenvalue weighted by atomic mass is 10.1. The van der Waals surface area contributed by atoms with Gasteiger partial charge in [0.15, 0.2) is 5.58 Å². The van der Waals surface area contributed by atoms with Crippen LogP contribution in [0.2, 0.25) is 0 Å². The quantitative estimate of drug-likeness (QED) is 0.730. The summed E-state index contributed by atoms with van der Waals surface area (Å²) in [5, 5.41) is 7.36. The Balaban J connectivity index is 1.38. The fourth-order valence-electron chi connectivity index (χ4n) is 2.83. The third kappa shape index (κ3) is 3.70. The molecule has 0 unspecified atom stereocenters. The van der Waals surface area contributed by atoms with Crippen molar-refractivity contribution in [1.82, 2.24) is 10.1 Å². The minimum absolute atomic E-state index is 0.104. The number of imide groups is 1. The average Bonchev–Trinajstić information content (AvgIpc) is 3.21. The number of hydrogen-bond acceptors (Lipinski definition) is 6. The van der Waals surface area contributed by atoms with Gasteiger partial charge in [0.05, 0.1) is 18.7 Å². The van der Waals surface area contributed by atoms with Crippen molar-refractivity contribution in [1.29, 1.82) is 0 Å². The van der Waals surface area contributed by atoms with E-state index in [1.807, 2.05) is 18.2 Å². The molecule has 1 saturated heterocycles. The summed E-state index contributed by atoms with van der Waals surface area (Å²) in [5.41, 5.74) is 2.68. The predicted octanol–water partition coefficient (Wildman–Crippen LogP) is 3.20. The summed E-state index contributed by atoms with van der Waals surface area (Å²) in [6, 6.07) is 14.4. The van der Waals surface area contributed by atoms with Crippen LogP contribution in [-0.2, 0) is 22.6 Å². The van der Waals surface area contributed by atoms with Crippen molar-refractivity contribution < 1.29 is 18.9 Å². The predicted molar refractivity (Wildman–Crippen MR) is 101 cm³/mol. The van der Waals surface area contributed by atoms with Gasteiger partial charge in [-0.25, -0.2) is 0 Å². The molecule has 3 aromatic rings. The Kier molecular flexibility index (Phi) is 4.64. The largest absolute Gasteiger partial charge is 0.356 e. The van der Waals surface area contributed by atoms with Gasteiger partial charge in [-0.15, -0.1) is 0 Å². The smallest absolute Gasteiger partial charge is 0.289 e. The van der Waals surface area contributed by atoms with Gasteiger partial charge in [0, 0.05) is 11.1 Å². The Hall–Kier alpha value is -3.13. The number of rotatable bonds is 5. The molecule has 27 heavy (non-hydrogen) atoms. The second kappa shape index (κ2) is 7.24. The van der Waals surface area contributed by atoms with E-state index in [0.29, 0.717) is 17.0 Å². The first-order valence-corrected chi connectivity index (χ1v) is 9.28. The normalized spacial score (nSPS) is 14.1. The first kappa shape index (κ1) is 17.3. The van der Waals surface area contributed by atoms with Crippen LogP contribution in [0.5, 0.6) is 0 Å². The third-order valence-electron chi connectivity index (χ3n) is 4.20. The molecule has 1 aliphatic heterocycles. The Morgan fingerprint density at radius 1 is 1.15 bits per heavy atom. The fraction of sp³-hybridized carbons (Fsp3) is 0.158. The number of amides is 3. The summed E-state index contributed by atoms with van der Waals surface area (Å²) in [7, 11) is 0. The van der Waals surface area contributed by atoms with Gasteiger partial charge in [0.2, 0.25) is 11.8 Å². The zero-order chi connectivity index (χ0) is 18.8. The van der Waals surface area contributed by atoms with Crippen molar-refractivity contribution in [2.75, 3.05) is 11.1 Å². The van der Waals surface area contributed by atoms with Gasteiger partial charge in [0.1, 0.15) is 5.69 Å². The van der Waals surface area contributed by atoms with Crippen LogP contribution in [0.1, 0.15) is 11.3 Å². The highest BCUT2D eigenvalue weighted by atomic mass is 32.2. The Morgan fingerprint density at radius 2 is 1.93 bits per heavy atom. The monoisotopic (exact) mass is 381 g/mol. The number of nitrogens with zero attached hydrogens (tertiary/aromatic N) is 2. The van der Waals surface area contributed by atoms with Gasteiger partial charge in [-0.05, 0) is 29.8 Å². The molecule has 0 atom stereocenters. The molecular weight excluding hydrogens is 366 g/mol. The lowest BCUT2D eigenvalue weighted by molar-refractivity contribution is -0.125. The number of anilines is 1. The van der Waals surface area contributed by atoms with Crippen molar-refractivity contribution in [3.63, 3.8) is 0 Å². The maximum Gasteiger partial charge on any atom is 0.289 e. The Bertz CT molecular complexity index is 1010. The van der Waals surface area contributed by atoms with E-state index < -0.39 is 0 Å². The minimum atomic E-state index is -0.225. The summed E-state index contributed by atoms with van der Waals surface area (Å²) < 4.78 is 5.21. The Labute approximate surface area is 158 Å². The average molecular weight is 381 g/mol. The molecule has 1 aromatic heterocycles. The van der Waals surface area contributed by atoms with E-state index in [0.717, 1.165) is 22.7 Å². The molecule has 1 fully saturated rings. The molecule has 0 radical (unpaired) electrons. The van der Waals surface area contributed by atoms with E-state index in [4.69, 9.17) is 4.52 Å². The summed E-state index contributed by atoms with van der Waals surface area (Å²) in [6.45, 7) is 0.240. The van der Waals surface area contributed by atoms with Crippen molar-refractivity contribution in [3.8, 4) is 0 Å². The van der Waals surface area contributed by atoms with E-state index in [-0.39, 0.29) is 35.8 Å². The lowest BCUT2D eigenvalue weighted by Crippen LogP contribution is -2.27. The highest BCUT2D eigenvalue weighted by molar-refractivity contribution is 8.14. The van der Waals surface area contributed by atoms with Crippen molar-refractivity contribution in [2.45, 2.75) is 13.0 Å². The summed E-state index contributed by atoms with van der Waals surface area (Å²) in [6.07, 6.45) is 0.104. The van der Waals surface area contributed by atoms with E-state index in [1.165, 1.54) is 4.90 Å². The molecule has 3 amide bonds.